The maximum absolute atomic E-state index is 13.3. The molecule has 3 aromatic rings. The Labute approximate surface area is 172 Å². The van der Waals surface area contributed by atoms with Gasteiger partial charge in [0.2, 0.25) is 0 Å². The fourth-order valence-electron chi connectivity index (χ4n) is 3.86. The quantitative estimate of drug-likeness (QED) is 0.679. The number of thiazole rings is 1. The van der Waals surface area contributed by atoms with Crippen molar-refractivity contribution in [3.63, 3.8) is 0 Å². The van der Waals surface area contributed by atoms with Crippen molar-refractivity contribution in [3.8, 4) is 10.6 Å². The lowest BCUT2D eigenvalue weighted by Crippen LogP contribution is -2.46. The molecular weight excluding hydrogens is 389 g/mol. The number of rotatable bonds is 4. The number of anilines is 1. The van der Waals surface area contributed by atoms with E-state index in [2.05, 4.69) is 5.32 Å². The minimum absolute atomic E-state index is 0.0174. The number of benzene rings is 2. The van der Waals surface area contributed by atoms with Gasteiger partial charge in [-0.2, -0.15) is 0 Å². The third-order valence-electron chi connectivity index (χ3n) is 5.34. The molecule has 0 saturated carbocycles. The van der Waals surface area contributed by atoms with Gasteiger partial charge in [0.1, 0.15) is 17.0 Å². The first kappa shape index (κ1) is 18.3. The number of halogens is 1. The van der Waals surface area contributed by atoms with Crippen LogP contribution in [-0.4, -0.2) is 35.0 Å². The lowest BCUT2D eigenvalue weighted by atomic mass is 10.1. The van der Waals surface area contributed by atoms with Crippen LogP contribution in [0.15, 0.2) is 53.9 Å². The number of nitrogens with zero attached hydrogens (tertiary/aromatic N) is 2. The number of hydrogen-bond donors (Lipinski definition) is 1. The highest BCUT2D eigenvalue weighted by molar-refractivity contribution is 7.13. The molecule has 3 heterocycles. The topological polar surface area (TPSA) is 54.5 Å². The van der Waals surface area contributed by atoms with Gasteiger partial charge < -0.3 is 15.0 Å². The molecule has 2 atom stereocenters. The Hall–Kier alpha value is -2.77. The number of ether oxygens (including phenoxy) is 1. The van der Waals surface area contributed by atoms with Crippen molar-refractivity contribution in [1.82, 2.24) is 9.88 Å². The van der Waals surface area contributed by atoms with Gasteiger partial charge in [-0.05, 0) is 49.2 Å². The van der Waals surface area contributed by atoms with E-state index in [0.29, 0.717) is 12.1 Å². The highest BCUT2D eigenvalue weighted by Crippen LogP contribution is 2.36. The molecule has 1 fully saturated rings. The number of carbonyl (C=O) groups excluding carboxylic acids is 1. The number of nitrogens with one attached hydrogen (secondary N) is 1. The molecule has 0 bridgehead atoms. The molecule has 2 aromatic carbocycles. The Balaban J connectivity index is 1.49. The molecule has 5 nitrogen and oxygen atoms in total. The van der Waals surface area contributed by atoms with E-state index in [0.717, 1.165) is 41.4 Å². The van der Waals surface area contributed by atoms with Crippen LogP contribution < -0.4 is 5.32 Å². The second-order valence-corrected chi connectivity index (χ2v) is 8.13. The third kappa shape index (κ3) is 3.52. The summed E-state index contributed by atoms with van der Waals surface area (Å²) in [6, 6.07) is 13.8. The van der Waals surface area contributed by atoms with Gasteiger partial charge in [-0.25, -0.2) is 9.37 Å². The van der Waals surface area contributed by atoms with Crippen LogP contribution in [0.5, 0.6) is 0 Å². The van der Waals surface area contributed by atoms with E-state index in [1.807, 2.05) is 34.5 Å². The fraction of sp³-hybridized carbons (Fsp3) is 0.273. The van der Waals surface area contributed by atoms with Gasteiger partial charge in [-0.15, -0.1) is 11.3 Å². The first-order chi connectivity index (χ1) is 14.2. The summed E-state index contributed by atoms with van der Waals surface area (Å²) in [4.78, 5) is 19.9. The van der Waals surface area contributed by atoms with Gasteiger partial charge in [0, 0.05) is 29.8 Å². The Morgan fingerprint density at radius 3 is 2.83 bits per heavy atom. The molecule has 2 aliphatic rings. The smallest absolute Gasteiger partial charge is 0.257 e. The molecule has 1 amide bonds. The summed E-state index contributed by atoms with van der Waals surface area (Å²) in [5, 5.41) is 6.23. The van der Waals surface area contributed by atoms with E-state index in [-0.39, 0.29) is 24.0 Å². The van der Waals surface area contributed by atoms with Crippen LogP contribution in [0.1, 0.15) is 35.1 Å². The standard InChI is InChI=1S/C22H20FN3O2S/c23-15-9-7-14(8-10-15)21-25-19(13-29-21)20-24-18-6-2-1-5-17(18)22(27)26(20)12-16-4-3-11-28-16/h1-2,5-10,13,16,20,24H,3-4,11-12H2/t16-,20-/m1/s1. The molecule has 29 heavy (non-hydrogen) atoms. The van der Waals surface area contributed by atoms with Crippen molar-refractivity contribution in [2.75, 3.05) is 18.5 Å². The fourth-order valence-corrected chi connectivity index (χ4v) is 4.70. The van der Waals surface area contributed by atoms with Crippen LogP contribution in [0.4, 0.5) is 10.1 Å². The van der Waals surface area contributed by atoms with Crippen molar-refractivity contribution >= 4 is 22.9 Å². The Morgan fingerprint density at radius 1 is 1.21 bits per heavy atom. The summed E-state index contributed by atoms with van der Waals surface area (Å²) in [6.07, 6.45) is 1.65. The van der Waals surface area contributed by atoms with Crippen molar-refractivity contribution in [1.29, 1.82) is 0 Å². The highest BCUT2D eigenvalue weighted by atomic mass is 32.1. The van der Waals surface area contributed by atoms with Crippen LogP contribution in [0.3, 0.4) is 0 Å². The van der Waals surface area contributed by atoms with Crippen LogP contribution in [-0.2, 0) is 4.74 Å². The third-order valence-corrected chi connectivity index (χ3v) is 6.25. The second kappa shape index (κ2) is 7.57. The zero-order valence-electron chi connectivity index (χ0n) is 15.7. The predicted molar refractivity (Wildman–Crippen MR) is 110 cm³/mol. The molecule has 148 valence electrons. The number of fused-ring (bicyclic) bond motifs is 1. The summed E-state index contributed by atoms with van der Waals surface area (Å²) in [5.41, 5.74) is 3.10. The molecule has 5 rings (SSSR count). The van der Waals surface area contributed by atoms with Gasteiger partial charge >= 0.3 is 0 Å². The van der Waals surface area contributed by atoms with Crippen LogP contribution in [0.25, 0.3) is 10.6 Å². The largest absolute Gasteiger partial charge is 0.376 e. The summed E-state index contributed by atoms with van der Waals surface area (Å²) in [7, 11) is 0. The number of aromatic nitrogens is 1. The summed E-state index contributed by atoms with van der Waals surface area (Å²) >= 11 is 1.49. The molecule has 0 aliphatic carbocycles. The molecule has 1 aromatic heterocycles. The Morgan fingerprint density at radius 2 is 2.03 bits per heavy atom. The Bertz CT molecular complexity index is 1030. The zero-order chi connectivity index (χ0) is 19.8. The number of hydrogen-bond acceptors (Lipinski definition) is 5. The summed E-state index contributed by atoms with van der Waals surface area (Å²) < 4.78 is 19.0. The van der Waals surface area contributed by atoms with Gasteiger partial charge in [0.15, 0.2) is 0 Å². The minimum Gasteiger partial charge on any atom is -0.376 e. The maximum atomic E-state index is 13.3. The monoisotopic (exact) mass is 409 g/mol. The van der Waals surface area contributed by atoms with Crippen molar-refractivity contribution in [2.24, 2.45) is 0 Å². The molecule has 0 spiro atoms. The SMILES string of the molecule is O=C1c2ccccc2N[C@@H](c2csc(-c3ccc(F)cc3)n2)N1C[C@H]1CCCO1. The maximum Gasteiger partial charge on any atom is 0.257 e. The van der Waals surface area contributed by atoms with Crippen molar-refractivity contribution in [2.45, 2.75) is 25.1 Å². The van der Waals surface area contributed by atoms with Crippen LogP contribution in [0.2, 0.25) is 0 Å². The van der Waals surface area contributed by atoms with Gasteiger partial charge in [0.25, 0.3) is 5.91 Å². The normalized spacial score (nSPS) is 21.1. The zero-order valence-corrected chi connectivity index (χ0v) is 16.5. The van der Waals surface area contributed by atoms with Gasteiger partial charge in [-0.3, -0.25) is 4.79 Å². The molecule has 1 saturated heterocycles. The van der Waals surface area contributed by atoms with Crippen LogP contribution >= 0.6 is 11.3 Å². The molecular formula is C22H20FN3O2S. The number of para-hydroxylation sites is 1. The number of amides is 1. The summed E-state index contributed by atoms with van der Waals surface area (Å²) in [5.74, 6) is -0.291. The van der Waals surface area contributed by atoms with Gasteiger partial charge in [-0.1, -0.05) is 12.1 Å². The van der Waals surface area contributed by atoms with E-state index < -0.39 is 0 Å². The highest BCUT2D eigenvalue weighted by Gasteiger charge is 2.36. The lowest BCUT2D eigenvalue weighted by molar-refractivity contribution is 0.0423. The van der Waals surface area contributed by atoms with E-state index in [9.17, 15) is 9.18 Å². The van der Waals surface area contributed by atoms with Gasteiger partial charge in [0.05, 0.1) is 17.4 Å². The average Bonchev–Trinajstić information content (AvgIpc) is 3.43. The summed E-state index contributed by atoms with van der Waals surface area (Å²) in [6.45, 7) is 1.26. The minimum atomic E-state index is -0.368. The van der Waals surface area contributed by atoms with E-state index in [4.69, 9.17) is 9.72 Å². The molecule has 0 radical (unpaired) electrons. The lowest BCUT2D eigenvalue weighted by Gasteiger charge is -2.38. The second-order valence-electron chi connectivity index (χ2n) is 7.27. The van der Waals surface area contributed by atoms with E-state index in [1.54, 1.807) is 12.1 Å². The van der Waals surface area contributed by atoms with Crippen molar-refractivity contribution < 1.29 is 13.9 Å². The first-order valence-corrected chi connectivity index (χ1v) is 10.6. The number of carbonyl (C=O) groups is 1. The average molecular weight is 409 g/mol. The molecule has 2 aliphatic heterocycles. The first-order valence-electron chi connectivity index (χ1n) is 9.68. The molecule has 1 N–H and O–H groups in total. The Kier molecular flexibility index (Phi) is 4.77. The molecule has 0 unspecified atom stereocenters. The van der Waals surface area contributed by atoms with Crippen LogP contribution in [0, 0.1) is 5.82 Å². The van der Waals surface area contributed by atoms with E-state index in [1.165, 1.54) is 23.5 Å². The van der Waals surface area contributed by atoms with Crippen molar-refractivity contribution in [3.05, 3.63) is 71.0 Å². The molecule has 7 heteroatoms. The predicted octanol–water partition coefficient (Wildman–Crippen LogP) is 4.69. The van der Waals surface area contributed by atoms with E-state index >= 15 is 0 Å².